The Morgan fingerprint density at radius 2 is 2.11 bits per heavy atom. The van der Waals surface area contributed by atoms with Crippen LogP contribution >= 0.6 is 0 Å². The smallest absolute Gasteiger partial charge is 0.297 e. The topological polar surface area (TPSA) is 84.4 Å². The van der Waals surface area contributed by atoms with Gasteiger partial charge in [0, 0.05) is 6.07 Å². The maximum Gasteiger partial charge on any atom is 0.297 e. The fourth-order valence-corrected chi connectivity index (χ4v) is 1.52. The first-order valence-corrected chi connectivity index (χ1v) is 5.20. The molecular formula is C12H12N2O4. The maximum absolute atomic E-state index is 11.4. The third-order valence-corrected chi connectivity index (χ3v) is 2.23. The number of aryl methyl sites for hydroxylation is 1. The second-order valence-electron chi connectivity index (χ2n) is 3.68. The van der Waals surface area contributed by atoms with Gasteiger partial charge in [-0.1, -0.05) is 0 Å². The summed E-state index contributed by atoms with van der Waals surface area (Å²) in [7, 11) is 1.35. The fourth-order valence-electron chi connectivity index (χ4n) is 1.52. The van der Waals surface area contributed by atoms with Gasteiger partial charge in [-0.3, -0.25) is 4.79 Å². The summed E-state index contributed by atoms with van der Waals surface area (Å²) in [6.45, 7) is 1.81. The lowest BCUT2D eigenvalue weighted by Gasteiger charge is -2.08. The summed E-state index contributed by atoms with van der Waals surface area (Å²) in [6.07, 6.45) is 1.22. The predicted molar refractivity (Wildman–Crippen MR) is 64.3 cm³/mol. The van der Waals surface area contributed by atoms with E-state index in [0.29, 0.717) is 5.75 Å². The van der Waals surface area contributed by atoms with E-state index in [-0.39, 0.29) is 17.4 Å². The van der Waals surface area contributed by atoms with Crippen molar-refractivity contribution in [2.45, 2.75) is 6.92 Å². The average molecular weight is 248 g/mol. The Balaban J connectivity index is 2.40. The third-order valence-electron chi connectivity index (χ3n) is 2.23. The van der Waals surface area contributed by atoms with Gasteiger partial charge in [0.2, 0.25) is 5.75 Å². The highest BCUT2D eigenvalue weighted by atomic mass is 16.5. The number of aromatic amines is 1. The maximum atomic E-state index is 11.4. The van der Waals surface area contributed by atoms with Gasteiger partial charge < -0.3 is 19.6 Å². The van der Waals surface area contributed by atoms with Crippen molar-refractivity contribution in [3.63, 3.8) is 0 Å². The summed E-state index contributed by atoms with van der Waals surface area (Å²) in [6, 6.07) is 4.73. The van der Waals surface area contributed by atoms with Crippen LogP contribution in [0.4, 0.5) is 0 Å². The molecule has 0 unspecified atom stereocenters. The minimum atomic E-state index is -0.431. The highest BCUT2D eigenvalue weighted by Crippen LogP contribution is 2.28. The van der Waals surface area contributed by atoms with E-state index in [0.717, 1.165) is 5.56 Å². The summed E-state index contributed by atoms with van der Waals surface area (Å²) in [5.41, 5.74) is 0.396. The second kappa shape index (κ2) is 4.79. The standard InChI is InChI=1S/C12H12N2O4/c1-7-3-8(15)5-9(4-7)18-12-10(17-2)11(16)13-6-14-12/h3-6,15H,1-2H3,(H,13,14,16). The zero-order valence-electron chi connectivity index (χ0n) is 9.93. The second-order valence-corrected chi connectivity index (χ2v) is 3.68. The van der Waals surface area contributed by atoms with Gasteiger partial charge in [-0.15, -0.1) is 0 Å². The lowest BCUT2D eigenvalue weighted by atomic mass is 10.2. The van der Waals surface area contributed by atoms with Crippen molar-refractivity contribution in [1.29, 1.82) is 0 Å². The van der Waals surface area contributed by atoms with Crippen LogP contribution in [-0.4, -0.2) is 22.2 Å². The first-order chi connectivity index (χ1) is 8.60. The van der Waals surface area contributed by atoms with Crippen molar-refractivity contribution >= 4 is 0 Å². The molecule has 94 valence electrons. The van der Waals surface area contributed by atoms with Crippen LogP contribution < -0.4 is 15.0 Å². The van der Waals surface area contributed by atoms with E-state index in [9.17, 15) is 9.90 Å². The number of ether oxygens (including phenoxy) is 2. The Labute approximate surface area is 103 Å². The lowest BCUT2D eigenvalue weighted by Crippen LogP contribution is -2.10. The number of benzene rings is 1. The Morgan fingerprint density at radius 3 is 2.78 bits per heavy atom. The van der Waals surface area contributed by atoms with Crippen molar-refractivity contribution in [1.82, 2.24) is 9.97 Å². The van der Waals surface area contributed by atoms with E-state index in [4.69, 9.17) is 9.47 Å². The quantitative estimate of drug-likeness (QED) is 0.861. The van der Waals surface area contributed by atoms with Gasteiger partial charge in [0.1, 0.15) is 11.5 Å². The van der Waals surface area contributed by atoms with Gasteiger partial charge in [0.15, 0.2) is 0 Å². The van der Waals surface area contributed by atoms with Crippen molar-refractivity contribution in [2.75, 3.05) is 7.11 Å². The molecule has 0 atom stereocenters. The molecule has 6 nitrogen and oxygen atoms in total. The molecule has 0 radical (unpaired) electrons. The van der Waals surface area contributed by atoms with Crippen LogP contribution in [0.2, 0.25) is 0 Å². The molecule has 2 aromatic rings. The molecule has 6 heteroatoms. The van der Waals surface area contributed by atoms with Gasteiger partial charge in [-0.2, -0.15) is 0 Å². The Kier molecular flexibility index (Phi) is 3.18. The number of phenols is 1. The molecule has 18 heavy (non-hydrogen) atoms. The van der Waals surface area contributed by atoms with Gasteiger partial charge in [-0.05, 0) is 24.6 Å². The van der Waals surface area contributed by atoms with Gasteiger partial charge in [-0.25, -0.2) is 4.98 Å². The summed E-state index contributed by atoms with van der Waals surface area (Å²) in [4.78, 5) is 17.7. The van der Waals surface area contributed by atoms with E-state index in [1.54, 1.807) is 12.1 Å². The fraction of sp³-hybridized carbons (Fsp3) is 0.167. The zero-order valence-corrected chi connectivity index (χ0v) is 9.93. The molecule has 0 spiro atoms. The molecule has 0 amide bonds. The van der Waals surface area contributed by atoms with Crippen molar-refractivity contribution in [3.05, 3.63) is 40.4 Å². The molecule has 0 saturated carbocycles. The van der Waals surface area contributed by atoms with Crippen LogP contribution in [-0.2, 0) is 0 Å². The molecule has 2 rings (SSSR count). The van der Waals surface area contributed by atoms with Crippen molar-refractivity contribution in [2.24, 2.45) is 0 Å². The molecule has 1 aromatic heterocycles. The highest BCUT2D eigenvalue weighted by Gasteiger charge is 2.11. The summed E-state index contributed by atoms with van der Waals surface area (Å²) in [5.74, 6) is 0.488. The number of aromatic hydroxyl groups is 1. The van der Waals surface area contributed by atoms with Crippen LogP contribution in [0.15, 0.2) is 29.3 Å². The molecular weight excluding hydrogens is 236 g/mol. The highest BCUT2D eigenvalue weighted by molar-refractivity contribution is 5.41. The van der Waals surface area contributed by atoms with Crippen LogP contribution in [0.3, 0.4) is 0 Å². The van der Waals surface area contributed by atoms with Crippen molar-refractivity contribution in [3.8, 4) is 23.1 Å². The molecule has 1 aromatic carbocycles. The zero-order chi connectivity index (χ0) is 13.1. The molecule has 0 aliphatic heterocycles. The van der Waals surface area contributed by atoms with E-state index >= 15 is 0 Å². The first kappa shape index (κ1) is 12.0. The Morgan fingerprint density at radius 1 is 1.33 bits per heavy atom. The average Bonchev–Trinajstić information content (AvgIpc) is 2.27. The number of nitrogens with one attached hydrogen (secondary N) is 1. The first-order valence-electron chi connectivity index (χ1n) is 5.20. The summed E-state index contributed by atoms with van der Waals surface area (Å²) >= 11 is 0. The number of H-pyrrole nitrogens is 1. The Hall–Kier alpha value is -2.50. The third kappa shape index (κ3) is 2.42. The number of hydrogen-bond acceptors (Lipinski definition) is 5. The summed E-state index contributed by atoms with van der Waals surface area (Å²) in [5, 5.41) is 9.45. The number of methoxy groups -OCH3 is 1. The number of hydrogen-bond donors (Lipinski definition) is 2. The van der Waals surface area contributed by atoms with Crippen molar-refractivity contribution < 1.29 is 14.6 Å². The predicted octanol–water partition coefficient (Wildman–Crippen LogP) is 1.58. The molecule has 0 bridgehead atoms. The van der Waals surface area contributed by atoms with Crippen LogP contribution in [0.1, 0.15) is 5.56 Å². The number of rotatable bonds is 3. The lowest BCUT2D eigenvalue weighted by molar-refractivity contribution is 0.361. The SMILES string of the molecule is COc1c(Oc2cc(C)cc(O)c2)nc[nH]c1=O. The van der Waals surface area contributed by atoms with E-state index in [2.05, 4.69) is 9.97 Å². The van der Waals surface area contributed by atoms with E-state index < -0.39 is 5.56 Å². The van der Waals surface area contributed by atoms with Crippen LogP contribution in [0.5, 0.6) is 23.1 Å². The minimum Gasteiger partial charge on any atom is -0.508 e. The number of phenolic OH excluding ortho intramolecular Hbond substituents is 1. The van der Waals surface area contributed by atoms with Crippen LogP contribution in [0.25, 0.3) is 0 Å². The normalized spacial score (nSPS) is 10.1. The molecule has 0 aliphatic rings. The van der Waals surface area contributed by atoms with Gasteiger partial charge >= 0.3 is 0 Å². The van der Waals surface area contributed by atoms with Gasteiger partial charge in [0.25, 0.3) is 11.4 Å². The van der Waals surface area contributed by atoms with Crippen LogP contribution in [0, 0.1) is 6.92 Å². The molecule has 0 fully saturated rings. The van der Waals surface area contributed by atoms with E-state index in [1.165, 1.54) is 19.5 Å². The molecule has 1 heterocycles. The van der Waals surface area contributed by atoms with E-state index in [1.807, 2.05) is 6.92 Å². The number of nitrogens with zero attached hydrogens (tertiary/aromatic N) is 1. The van der Waals surface area contributed by atoms with Gasteiger partial charge in [0.05, 0.1) is 13.4 Å². The largest absolute Gasteiger partial charge is 0.508 e. The minimum absolute atomic E-state index is 0.0153. The summed E-state index contributed by atoms with van der Waals surface area (Å²) < 4.78 is 10.3. The monoisotopic (exact) mass is 248 g/mol. The molecule has 2 N–H and O–H groups in total. The molecule has 0 aliphatic carbocycles. The number of aromatic nitrogens is 2. The Bertz CT molecular complexity index is 601. The molecule has 0 saturated heterocycles.